The van der Waals surface area contributed by atoms with E-state index in [2.05, 4.69) is 224 Å². The number of hydrogen-bond donors (Lipinski definition) is 0. The normalized spacial score (nSPS) is 12.4. The van der Waals surface area contributed by atoms with Gasteiger partial charge in [-0.1, -0.05) is 205 Å². The molecule has 0 aliphatic rings. The summed E-state index contributed by atoms with van der Waals surface area (Å²) in [6, 6.07) is 67.6. The fraction of sp³-hybridized carbons (Fsp3) is 0.133. The fourth-order valence-electron chi connectivity index (χ4n) is 9.94. The van der Waals surface area contributed by atoms with Crippen LogP contribution in [-0.4, -0.2) is 0 Å². The largest absolute Gasteiger partial charge is 0.456 e. The smallest absolute Gasteiger partial charge is 0.136 e. The van der Waals surface area contributed by atoms with E-state index in [9.17, 15) is 0 Å². The second-order valence-corrected chi connectivity index (χ2v) is 18.8. The molecule has 1 heterocycles. The lowest BCUT2D eigenvalue weighted by Gasteiger charge is -2.21. The number of fused-ring (bicyclic) bond motifs is 7. The fourth-order valence-corrected chi connectivity index (χ4v) is 9.94. The second kappa shape index (κ2) is 13.8. The molecule has 0 aliphatic heterocycles. The minimum atomic E-state index is 0.0843. The van der Waals surface area contributed by atoms with Crippen LogP contribution in [0.5, 0.6) is 0 Å². The van der Waals surface area contributed by atoms with Gasteiger partial charge in [0, 0.05) is 10.8 Å². The van der Waals surface area contributed by atoms with E-state index >= 15 is 0 Å². The minimum absolute atomic E-state index is 0.0843. The first-order chi connectivity index (χ1) is 29.5. The average molecular weight is 785 g/mol. The van der Waals surface area contributed by atoms with Gasteiger partial charge in [0.15, 0.2) is 0 Å². The summed E-state index contributed by atoms with van der Waals surface area (Å²) in [5, 5.41) is 12.2. The highest BCUT2D eigenvalue weighted by molar-refractivity contribution is 6.27. The lowest BCUT2D eigenvalue weighted by atomic mass is 9.83. The third kappa shape index (κ3) is 5.98. The zero-order chi connectivity index (χ0) is 41.6. The molecule has 0 saturated heterocycles. The van der Waals surface area contributed by atoms with Gasteiger partial charge in [-0.25, -0.2) is 0 Å². The number of benzene rings is 10. The van der Waals surface area contributed by atoms with Crippen molar-refractivity contribution in [1.29, 1.82) is 0 Å². The predicted molar refractivity (Wildman–Crippen MR) is 263 cm³/mol. The van der Waals surface area contributed by atoms with Crippen LogP contribution >= 0.6 is 0 Å². The Morgan fingerprint density at radius 3 is 1.05 bits per heavy atom. The maximum absolute atomic E-state index is 6.75. The van der Waals surface area contributed by atoms with Crippen LogP contribution in [0.25, 0.3) is 110 Å². The van der Waals surface area contributed by atoms with Crippen molar-refractivity contribution in [2.45, 2.75) is 52.4 Å². The van der Waals surface area contributed by atoms with Crippen molar-refractivity contribution in [3.05, 3.63) is 193 Å². The first kappa shape index (κ1) is 37.1. The van der Waals surface area contributed by atoms with Crippen LogP contribution in [-0.2, 0) is 10.8 Å². The summed E-state index contributed by atoms with van der Waals surface area (Å²) >= 11 is 0. The number of rotatable bonds is 4. The second-order valence-electron chi connectivity index (χ2n) is 18.8. The van der Waals surface area contributed by atoms with Crippen molar-refractivity contribution in [2.24, 2.45) is 0 Å². The molecule has 0 spiro atoms. The van der Waals surface area contributed by atoms with Crippen molar-refractivity contribution >= 4 is 65.0 Å². The van der Waals surface area contributed by atoms with Crippen LogP contribution in [0, 0.1) is 0 Å². The van der Waals surface area contributed by atoms with Crippen molar-refractivity contribution in [1.82, 2.24) is 0 Å². The van der Waals surface area contributed by atoms with E-state index in [0.29, 0.717) is 0 Å². The molecule has 11 aromatic rings. The van der Waals surface area contributed by atoms with E-state index in [1.807, 2.05) is 0 Å². The molecule has 0 amide bonds. The summed E-state index contributed by atoms with van der Waals surface area (Å²) in [4.78, 5) is 0. The molecule has 0 atom stereocenters. The standard InChI is InChI=1S/C60H48O/c1-59(2,3)40-31-26-37(27-32-40)54-42-16-7-9-18-44(42)56(45-19-10-8-17-43(45)54)39-30-35-52-51(36-39)58-50(24-15-25-53(58)61-52)57-48-22-13-11-20-46(48)55(47-21-12-14-23-49(47)57)38-28-33-41(34-29-38)60(4,5)6/h7-36H,1-6H3. The Morgan fingerprint density at radius 1 is 0.295 bits per heavy atom. The Bertz CT molecular complexity index is 3400. The predicted octanol–water partition coefficient (Wildman–Crippen LogP) is 17.5. The third-order valence-electron chi connectivity index (χ3n) is 13.0. The van der Waals surface area contributed by atoms with E-state index in [0.717, 1.165) is 21.9 Å². The minimum Gasteiger partial charge on any atom is -0.456 e. The molecular weight excluding hydrogens is 737 g/mol. The molecule has 0 N–H and O–H groups in total. The molecular formula is C60H48O. The van der Waals surface area contributed by atoms with Crippen LogP contribution in [0.15, 0.2) is 186 Å². The van der Waals surface area contributed by atoms with Crippen LogP contribution in [0.4, 0.5) is 0 Å². The molecule has 0 aliphatic carbocycles. The molecule has 10 aromatic carbocycles. The van der Waals surface area contributed by atoms with E-state index in [-0.39, 0.29) is 10.8 Å². The average Bonchev–Trinajstić information content (AvgIpc) is 3.65. The highest BCUT2D eigenvalue weighted by Crippen LogP contribution is 2.49. The van der Waals surface area contributed by atoms with Crippen molar-refractivity contribution in [2.75, 3.05) is 0 Å². The van der Waals surface area contributed by atoms with Crippen molar-refractivity contribution in [3.63, 3.8) is 0 Å². The maximum Gasteiger partial charge on any atom is 0.136 e. The topological polar surface area (TPSA) is 13.1 Å². The Kier molecular flexibility index (Phi) is 8.38. The van der Waals surface area contributed by atoms with Crippen LogP contribution in [0.1, 0.15) is 52.7 Å². The summed E-state index contributed by atoms with van der Waals surface area (Å²) < 4.78 is 6.75. The molecule has 1 heteroatoms. The van der Waals surface area contributed by atoms with Gasteiger partial charge < -0.3 is 4.42 Å². The summed E-state index contributed by atoms with van der Waals surface area (Å²) in [6.07, 6.45) is 0. The van der Waals surface area contributed by atoms with E-state index in [4.69, 9.17) is 4.42 Å². The molecule has 1 nitrogen and oxygen atoms in total. The van der Waals surface area contributed by atoms with Crippen molar-refractivity contribution < 1.29 is 4.42 Å². The zero-order valence-electron chi connectivity index (χ0n) is 35.7. The quantitative estimate of drug-likeness (QED) is 0.162. The van der Waals surface area contributed by atoms with E-state index in [1.54, 1.807) is 0 Å². The number of hydrogen-bond acceptors (Lipinski definition) is 1. The summed E-state index contributed by atoms with van der Waals surface area (Å²) in [6.45, 7) is 13.7. The van der Waals surface area contributed by atoms with Gasteiger partial charge in [0.05, 0.1) is 0 Å². The first-order valence-corrected chi connectivity index (χ1v) is 21.6. The van der Waals surface area contributed by atoms with Gasteiger partial charge in [0.1, 0.15) is 11.2 Å². The van der Waals surface area contributed by atoms with Crippen LogP contribution in [0.2, 0.25) is 0 Å². The molecule has 0 radical (unpaired) electrons. The number of furan rings is 1. The van der Waals surface area contributed by atoms with Gasteiger partial charge in [0.2, 0.25) is 0 Å². The van der Waals surface area contributed by atoms with Crippen molar-refractivity contribution in [3.8, 4) is 44.5 Å². The van der Waals surface area contributed by atoms with Gasteiger partial charge in [-0.3, -0.25) is 0 Å². The molecule has 0 unspecified atom stereocenters. The monoisotopic (exact) mass is 784 g/mol. The van der Waals surface area contributed by atoms with Gasteiger partial charge in [0.25, 0.3) is 0 Å². The highest BCUT2D eigenvalue weighted by Gasteiger charge is 2.23. The van der Waals surface area contributed by atoms with E-state index in [1.165, 1.54) is 98.7 Å². The lowest BCUT2D eigenvalue weighted by Crippen LogP contribution is -2.10. The Labute approximate surface area is 357 Å². The van der Waals surface area contributed by atoms with Gasteiger partial charge in [-0.15, -0.1) is 0 Å². The summed E-state index contributed by atoms with van der Waals surface area (Å²) in [5.74, 6) is 0. The third-order valence-corrected chi connectivity index (χ3v) is 13.0. The Balaban J connectivity index is 1.16. The molecule has 0 saturated carbocycles. The molecule has 61 heavy (non-hydrogen) atoms. The first-order valence-electron chi connectivity index (χ1n) is 21.6. The molecule has 294 valence electrons. The highest BCUT2D eigenvalue weighted by atomic mass is 16.3. The maximum atomic E-state index is 6.75. The van der Waals surface area contributed by atoms with Crippen LogP contribution < -0.4 is 0 Å². The zero-order valence-corrected chi connectivity index (χ0v) is 35.7. The van der Waals surface area contributed by atoms with Gasteiger partial charge in [-0.05, 0) is 128 Å². The SMILES string of the molecule is CC(C)(C)c1ccc(-c2c3ccccc3c(-c3ccc4oc5cccc(-c6c7ccccc7c(-c7ccc(C(C)(C)C)cc7)c7ccccc67)c5c4c3)c3ccccc23)cc1. The van der Waals surface area contributed by atoms with Gasteiger partial charge in [-0.2, -0.15) is 0 Å². The molecule has 11 rings (SSSR count). The molecule has 0 bridgehead atoms. The van der Waals surface area contributed by atoms with Gasteiger partial charge >= 0.3 is 0 Å². The Morgan fingerprint density at radius 2 is 0.656 bits per heavy atom. The molecule has 1 aromatic heterocycles. The summed E-state index contributed by atoms with van der Waals surface area (Å²) in [5.41, 5.74) is 14.5. The summed E-state index contributed by atoms with van der Waals surface area (Å²) in [7, 11) is 0. The lowest BCUT2D eigenvalue weighted by molar-refractivity contribution is 0.590. The van der Waals surface area contributed by atoms with Crippen LogP contribution in [0.3, 0.4) is 0 Å². The molecule has 0 fully saturated rings. The Hall–Kier alpha value is -6.96. The van der Waals surface area contributed by atoms with E-state index < -0.39 is 0 Å².